The van der Waals surface area contributed by atoms with E-state index in [1.165, 1.54) is 24.6 Å². The minimum Gasteiger partial charge on any atom is -0.337 e. The maximum absolute atomic E-state index is 13.9. The molecule has 0 radical (unpaired) electrons. The highest BCUT2D eigenvalue weighted by molar-refractivity contribution is 5.94. The number of aromatic nitrogens is 2. The Morgan fingerprint density at radius 1 is 1.21 bits per heavy atom. The molecule has 1 aliphatic carbocycles. The number of likely N-dealkylation sites (tertiary alicyclic amines) is 1. The summed E-state index contributed by atoms with van der Waals surface area (Å²) >= 11 is 0. The number of nitrogens with one attached hydrogen (secondary N) is 1. The number of aryl methyl sites for hydroxylation is 1. The fraction of sp³-hybridized carbons (Fsp3) is 0.545. The van der Waals surface area contributed by atoms with Gasteiger partial charge in [-0.2, -0.15) is 5.10 Å². The Balaban J connectivity index is 1.48. The molecule has 1 saturated heterocycles. The first kappa shape index (κ1) is 19.1. The van der Waals surface area contributed by atoms with Crippen molar-refractivity contribution in [1.29, 1.82) is 0 Å². The molecule has 0 spiro atoms. The standard InChI is InChI=1S/C22H29FN4O/c1-26-20-11-10-17(24-15-16-8-4-5-9-19(16)23)14-18(20)21(25-26)22(28)27-12-6-2-3-7-13-27/h4-5,8-9,17,24H,2-3,6-7,10-15H2,1H3. The molecule has 1 unspecified atom stereocenters. The molecule has 1 fully saturated rings. The Bertz CT molecular complexity index is 839. The van der Waals surface area contributed by atoms with Crippen LogP contribution in [0.3, 0.4) is 0 Å². The summed E-state index contributed by atoms with van der Waals surface area (Å²) in [6, 6.07) is 7.11. The average molecular weight is 384 g/mol. The minimum absolute atomic E-state index is 0.0773. The van der Waals surface area contributed by atoms with Gasteiger partial charge in [-0.15, -0.1) is 0 Å². The zero-order valence-corrected chi connectivity index (χ0v) is 16.6. The van der Waals surface area contributed by atoms with Crippen molar-refractivity contribution in [1.82, 2.24) is 20.0 Å². The second-order valence-corrected chi connectivity index (χ2v) is 8.02. The third-order valence-corrected chi connectivity index (χ3v) is 6.09. The summed E-state index contributed by atoms with van der Waals surface area (Å²) < 4.78 is 15.8. The zero-order valence-electron chi connectivity index (χ0n) is 16.6. The molecule has 2 heterocycles. The lowest BCUT2D eigenvalue weighted by Crippen LogP contribution is -2.36. The first-order valence-corrected chi connectivity index (χ1v) is 10.4. The molecular weight excluding hydrogens is 355 g/mol. The summed E-state index contributed by atoms with van der Waals surface area (Å²) in [5, 5.41) is 8.09. The number of halogens is 1. The lowest BCUT2D eigenvalue weighted by molar-refractivity contribution is 0.0753. The number of rotatable bonds is 4. The summed E-state index contributed by atoms with van der Waals surface area (Å²) in [6.07, 6.45) is 7.19. The van der Waals surface area contributed by atoms with Crippen LogP contribution in [0, 0.1) is 5.82 Å². The molecule has 0 bridgehead atoms. The van der Waals surface area contributed by atoms with E-state index in [4.69, 9.17) is 0 Å². The summed E-state index contributed by atoms with van der Waals surface area (Å²) in [5.41, 5.74) is 3.55. The van der Waals surface area contributed by atoms with Crippen molar-refractivity contribution in [2.24, 2.45) is 7.05 Å². The van der Waals surface area contributed by atoms with Crippen LogP contribution < -0.4 is 5.32 Å². The number of nitrogens with zero attached hydrogens (tertiary/aromatic N) is 3. The molecule has 6 heteroatoms. The number of hydrogen-bond acceptors (Lipinski definition) is 3. The van der Waals surface area contributed by atoms with Gasteiger partial charge < -0.3 is 10.2 Å². The van der Waals surface area contributed by atoms with Gasteiger partial charge in [-0.1, -0.05) is 31.0 Å². The third kappa shape index (κ3) is 3.97. The van der Waals surface area contributed by atoms with Gasteiger partial charge in [-0.3, -0.25) is 9.48 Å². The molecule has 1 amide bonds. The maximum atomic E-state index is 13.9. The van der Waals surface area contributed by atoms with Crippen LogP contribution >= 0.6 is 0 Å². The molecule has 1 atom stereocenters. The lowest BCUT2D eigenvalue weighted by atomic mass is 9.91. The summed E-state index contributed by atoms with van der Waals surface area (Å²) in [6.45, 7) is 2.17. The van der Waals surface area contributed by atoms with Crippen LogP contribution in [0.4, 0.5) is 4.39 Å². The molecule has 1 aliphatic heterocycles. The smallest absolute Gasteiger partial charge is 0.274 e. The van der Waals surface area contributed by atoms with Gasteiger partial charge in [-0.25, -0.2) is 4.39 Å². The van der Waals surface area contributed by atoms with E-state index in [0.717, 1.165) is 50.8 Å². The zero-order chi connectivity index (χ0) is 19.5. The van der Waals surface area contributed by atoms with Crippen LogP contribution in [-0.4, -0.2) is 39.7 Å². The Hall–Kier alpha value is -2.21. The molecule has 1 aromatic carbocycles. The number of benzene rings is 1. The lowest BCUT2D eigenvalue weighted by Gasteiger charge is -2.25. The van der Waals surface area contributed by atoms with E-state index < -0.39 is 0 Å². The van der Waals surface area contributed by atoms with E-state index in [1.54, 1.807) is 6.07 Å². The summed E-state index contributed by atoms with van der Waals surface area (Å²) in [4.78, 5) is 15.1. The van der Waals surface area contributed by atoms with Gasteiger partial charge in [0.15, 0.2) is 5.69 Å². The predicted molar refractivity (Wildman–Crippen MR) is 107 cm³/mol. The molecule has 28 heavy (non-hydrogen) atoms. The van der Waals surface area contributed by atoms with Crippen LogP contribution in [0.2, 0.25) is 0 Å². The second-order valence-electron chi connectivity index (χ2n) is 8.02. The molecule has 4 rings (SSSR count). The fourth-order valence-electron chi connectivity index (χ4n) is 4.45. The number of hydrogen-bond donors (Lipinski definition) is 1. The van der Waals surface area contributed by atoms with Gasteiger partial charge in [0.05, 0.1) is 0 Å². The summed E-state index contributed by atoms with van der Waals surface area (Å²) in [5.74, 6) is -0.0987. The molecule has 1 N–H and O–H groups in total. The van der Waals surface area contributed by atoms with Gasteiger partial charge in [-0.05, 0) is 38.2 Å². The first-order chi connectivity index (χ1) is 13.6. The van der Waals surface area contributed by atoms with Crippen LogP contribution in [0.1, 0.15) is 59.4 Å². The minimum atomic E-state index is -0.176. The van der Waals surface area contributed by atoms with Crippen molar-refractivity contribution in [2.45, 2.75) is 57.5 Å². The van der Waals surface area contributed by atoms with E-state index >= 15 is 0 Å². The average Bonchev–Trinajstić information content (AvgIpc) is 2.88. The van der Waals surface area contributed by atoms with Gasteiger partial charge in [0.25, 0.3) is 5.91 Å². The molecule has 1 aromatic heterocycles. The van der Waals surface area contributed by atoms with Crippen LogP contribution in [-0.2, 0) is 26.4 Å². The molecular formula is C22H29FN4O. The quantitative estimate of drug-likeness (QED) is 0.881. The Kier molecular flexibility index (Phi) is 5.76. The third-order valence-electron chi connectivity index (χ3n) is 6.09. The van der Waals surface area contributed by atoms with Crippen molar-refractivity contribution >= 4 is 5.91 Å². The SMILES string of the molecule is Cn1nc(C(=O)N2CCCCCC2)c2c1CCC(NCc1ccccc1F)C2. The van der Waals surface area contributed by atoms with Crippen LogP contribution in [0.25, 0.3) is 0 Å². The van der Waals surface area contributed by atoms with Crippen molar-refractivity contribution in [3.8, 4) is 0 Å². The van der Waals surface area contributed by atoms with Gasteiger partial charge in [0.2, 0.25) is 0 Å². The van der Waals surface area contributed by atoms with Gasteiger partial charge >= 0.3 is 0 Å². The molecule has 2 aliphatic rings. The highest BCUT2D eigenvalue weighted by Crippen LogP contribution is 2.26. The Morgan fingerprint density at radius 3 is 2.71 bits per heavy atom. The van der Waals surface area contributed by atoms with Crippen molar-refractivity contribution in [2.75, 3.05) is 13.1 Å². The largest absolute Gasteiger partial charge is 0.337 e. The van der Waals surface area contributed by atoms with Crippen molar-refractivity contribution in [3.05, 3.63) is 52.6 Å². The molecule has 150 valence electrons. The highest BCUT2D eigenvalue weighted by atomic mass is 19.1. The summed E-state index contributed by atoms with van der Waals surface area (Å²) in [7, 11) is 1.94. The number of amides is 1. The van der Waals surface area contributed by atoms with Crippen LogP contribution in [0.15, 0.2) is 24.3 Å². The van der Waals surface area contributed by atoms with Crippen molar-refractivity contribution < 1.29 is 9.18 Å². The van der Waals surface area contributed by atoms with E-state index in [-0.39, 0.29) is 17.8 Å². The van der Waals surface area contributed by atoms with Crippen LogP contribution in [0.5, 0.6) is 0 Å². The predicted octanol–water partition coefficient (Wildman–Crippen LogP) is 3.22. The van der Waals surface area contributed by atoms with E-state index in [1.807, 2.05) is 28.8 Å². The maximum Gasteiger partial charge on any atom is 0.274 e. The van der Waals surface area contributed by atoms with E-state index in [9.17, 15) is 9.18 Å². The van der Waals surface area contributed by atoms with Crippen molar-refractivity contribution in [3.63, 3.8) is 0 Å². The van der Waals surface area contributed by atoms with E-state index in [2.05, 4.69) is 10.4 Å². The Labute approximate surface area is 165 Å². The topological polar surface area (TPSA) is 50.2 Å². The second kappa shape index (κ2) is 8.43. The fourth-order valence-corrected chi connectivity index (χ4v) is 4.45. The highest BCUT2D eigenvalue weighted by Gasteiger charge is 2.30. The van der Waals surface area contributed by atoms with Gasteiger partial charge in [0.1, 0.15) is 5.82 Å². The first-order valence-electron chi connectivity index (χ1n) is 10.4. The monoisotopic (exact) mass is 384 g/mol. The number of carbonyl (C=O) groups excluding carboxylic acids is 1. The Morgan fingerprint density at radius 2 is 1.96 bits per heavy atom. The normalized spacial score (nSPS) is 19.9. The van der Waals surface area contributed by atoms with E-state index in [0.29, 0.717) is 17.8 Å². The number of carbonyl (C=O) groups is 1. The molecule has 2 aromatic rings. The molecule has 0 saturated carbocycles. The number of fused-ring (bicyclic) bond motifs is 1. The molecule has 5 nitrogen and oxygen atoms in total. The van der Waals surface area contributed by atoms with Gasteiger partial charge in [0, 0.05) is 49.5 Å².